The van der Waals surface area contributed by atoms with E-state index in [2.05, 4.69) is 34.1 Å². The minimum atomic E-state index is 0. The summed E-state index contributed by atoms with van der Waals surface area (Å²) in [4.78, 5) is 8.09. The number of piperazine rings is 1. The third-order valence-corrected chi connectivity index (χ3v) is 4.25. The lowest BCUT2D eigenvalue weighted by molar-refractivity contribution is 0.196. The summed E-state index contributed by atoms with van der Waals surface area (Å²) in [7, 11) is 0. The van der Waals surface area contributed by atoms with Crippen molar-refractivity contribution in [2.24, 2.45) is 0 Å². The van der Waals surface area contributed by atoms with Crippen molar-refractivity contribution in [1.29, 1.82) is 0 Å². The van der Waals surface area contributed by atoms with Gasteiger partial charge in [0.25, 0.3) is 0 Å². The molecular formula is C12H20ClN5S. The van der Waals surface area contributed by atoms with E-state index in [1.54, 1.807) is 11.3 Å². The highest BCUT2D eigenvalue weighted by atomic mass is 35.5. The highest BCUT2D eigenvalue weighted by Gasteiger charge is 2.19. The van der Waals surface area contributed by atoms with Gasteiger partial charge in [0, 0.05) is 32.2 Å². The fourth-order valence-electron chi connectivity index (χ4n) is 2.54. The lowest BCUT2D eigenvalue weighted by Gasteiger charge is -2.31. The van der Waals surface area contributed by atoms with Gasteiger partial charge < -0.3 is 5.32 Å². The standard InChI is InChI=1S/C12H19N5S.ClH/c1-8-6-16(5-4-13-8)7-11-9(2)14-12-17(11)15-10(3)18-12;/h8,13H,4-7H2,1-3H3;1H/t8-;/m1./s1. The van der Waals surface area contributed by atoms with Crippen molar-refractivity contribution in [3.8, 4) is 0 Å². The largest absolute Gasteiger partial charge is 0.312 e. The molecule has 3 rings (SSSR count). The number of aromatic nitrogens is 3. The van der Waals surface area contributed by atoms with Crippen molar-refractivity contribution >= 4 is 28.7 Å². The third kappa shape index (κ3) is 2.91. The molecule has 1 aliphatic rings. The molecule has 1 N–H and O–H groups in total. The van der Waals surface area contributed by atoms with Crippen LogP contribution in [0.2, 0.25) is 0 Å². The zero-order valence-corrected chi connectivity index (χ0v) is 13.1. The minimum Gasteiger partial charge on any atom is -0.312 e. The summed E-state index contributed by atoms with van der Waals surface area (Å²) < 4.78 is 2.02. The molecule has 0 amide bonds. The quantitative estimate of drug-likeness (QED) is 0.916. The van der Waals surface area contributed by atoms with Crippen molar-refractivity contribution in [1.82, 2.24) is 24.8 Å². The van der Waals surface area contributed by atoms with E-state index in [1.165, 1.54) is 5.69 Å². The van der Waals surface area contributed by atoms with Crippen LogP contribution in [0.15, 0.2) is 0 Å². The molecule has 7 heteroatoms. The van der Waals surface area contributed by atoms with Crippen LogP contribution in [0.25, 0.3) is 4.96 Å². The molecule has 0 radical (unpaired) electrons. The number of nitrogens with zero attached hydrogens (tertiary/aromatic N) is 4. The SMILES string of the molecule is Cc1nn2c(CN3CCN[C@H](C)C3)c(C)nc2s1.Cl. The van der Waals surface area contributed by atoms with Gasteiger partial charge in [-0.3, -0.25) is 4.90 Å². The molecule has 0 saturated carbocycles. The normalized spacial score (nSPS) is 20.7. The molecule has 1 saturated heterocycles. The van der Waals surface area contributed by atoms with Crippen molar-refractivity contribution in [2.75, 3.05) is 19.6 Å². The van der Waals surface area contributed by atoms with Crippen LogP contribution >= 0.6 is 23.7 Å². The van der Waals surface area contributed by atoms with Gasteiger partial charge in [0.15, 0.2) is 0 Å². The number of rotatable bonds is 2. The van der Waals surface area contributed by atoms with Gasteiger partial charge in [-0.05, 0) is 20.8 Å². The fraction of sp³-hybridized carbons (Fsp3) is 0.667. The van der Waals surface area contributed by atoms with Gasteiger partial charge in [-0.25, -0.2) is 9.50 Å². The third-order valence-electron chi connectivity index (χ3n) is 3.42. The summed E-state index contributed by atoms with van der Waals surface area (Å²) in [6, 6.07) is 0.569. The second-order valence-corrected chi connectivity index (χ2v) is 6.21. The zero-order valence-electron chi connectivity index (χ0n) is 11.5. The fourth-order valence-corrected chi connectivity index (χ4v) is 3.34. The molecule has 1 aliphatic heterocycles. The van der Waals surface area contributed by atoms with E-state index in [9.17, 15) is 0 Å². The van der Waals surface area contributed by atoms with Gasteiger partial charge in [0.05, 0.1) is 11.4 Å². The molecule has 0 aliphatic carbocycles. The highest BCUT2D eigenvalue weighted by Crippen LogP contribution is 2.19. The van der Waals surface area contributed by atoms with Crippen LogP contribution in [-0.2, 0) is 6.54 Å². The second kappa shape index (κ2) is 5.75. The maximum atomic E-state index is 4.60. The van der Waals surface area contributed by atoms with E-state index in [0.717, 1.165) is 41.8 Å². The Labute approximate surface area is 123 Å². The van der Waals surface area contributed by atoms with Crippen LogP contribution in [0.4, 0.5) is 0 Å². The van der Waals surface area contributed by atoms with Crippen LogP contribution in [0.5, 0.6) is 0 Å². The summed E-state index contributed by atoms with van der Waals surface area (Å²) in [6.45, 7) is 10.6. The Hall–Kier alpha value is -0.690. The molecular weight excluding hydrogens is 282 g/mol. The number of fused-ring (bicyclic) bond motifs is 1. The number of imidazole rings is 1. The molecule has 0 aromatic carbocycles. The molecule has 0 spiro atoms. The van der Waals surface area contributed by atoms with E-state index in [0.29, 0.717) is 6.04 Å². The molecule has 3 heterocycles. The predicted octanol–water partition coefficient (Wildman–Crippen LogP) is 1.62. The molecule has 0 bridgehead atoms. The lowest BCUT2D eigenvalue weighted by Crippen LogP contribution is -2.48. The van der Waals surface area contributed by atoms with Crippen molar-refractivity contribution in [2.45, 2.75) is 33.4 Å². The van der Waals surface area contributed by atoms with E-state index >= 15 is 0 Å². The van der Waals surface area contributed by atoms with Gasteiger partial charge in [-0.1, -0.05) is 11.3 Å². The topological polar surface area (TPSA) is 45.5 Å². The van der Waals surface area contributed by atoms with Crippen LogP contribution < -0.4 is 5.32 Å². The Morgan fingerprint density at radius 2 is 2.21 bits per heavy atom. The van der Waals surface area contributed by atoms with Gasteiger partial charge >= 0.3 is 0 Å². The Morgan fingerprint density at radius 1 is 1.42 bits per heavy atom. The first kappa shape index (κ1) is 14.7. The van der Waals surface area contributed by atoms with E-state index < -0.39 is 0 Å². The van der Waals surface area contributed by atoms with Crippen molar-refractivity contribution in [3.63, 3.8) is 0 Å². The first-order valence-corrected chi connectivity index (χ1v) is 7.22. The van der Waals surface area contributed by atoms with Crippen LogP contribution in [-0.4, -0.2) is 45.2 Å². The Bertz CT molecular complexity index is 564. The summed E-state index contributed by atoms with van der Waals surface area (Å²) >= 11 is 1.66. The van der Waals surface area contributed by atoms with Crippen molar-refractivity contribution in [3.05, 3.63) is 16.4 Å². The summed E-state index contributed by atoms with van der Waals surface area (Å²) in [5.41, 5.74) is 2.35. The molecule has 2 aromatic rings. The monoisotopic (exact) mass is 301 g/mol. The van der Waals surface area contributed by atoms with E-state index in [4.69, 9.17) is 0 Å². The maximum Gasteiger partial charge on any atom is 0.212 e. The number of hydrogen-bond donors (Lipinski definition) is 1. The van der Waals surface area contributed by atoms with Gasteiger partial charge in [0.2, 0.25) is 4.96 Å². The molecule has 106 valence electrons. The predicted molar refractivity (Wildman–Crippen MR) is 80.3 cm³/mol. The molecule has 1 fully saturated rings. The minimum absolute atomic E-state index is 0. The Balaban J connectivity index is 0.00000133. The summed E-state index contributed by atoms with van der Waals surface area (Å²) in [5, 5.41) is 9.09. The molecule has 19 heavy (non-hydrogen) atoms. The highest BCUT2D eigenvalue weighted by molar-refractivity contribution is 7.16. The second-order valence-electron chi connectivity index (χ2n) is 5.05. The summed E-state index contributed by atoms with van der Waals surface area (Å²) in [5.74, 6) is 0. The van der Waals surface area contributed by atoms with Crippen molar-refractivity contribution < 1.29 is 0 Å². The van der Waals surface area contributed by atoms with E-state index in [-0.39, 0.29) is 12.4 Å². The molecule has 5 nitrogen and oxygen atoms in total. The Kier molecular flexibility index (Phi) is 4.45. The first-order valence-electron chi connectivity index (χ1n) is 6.41. The smallest absolute Gasteiger partial charge is 0.212 e. The number of halogens is 1. The number of hydrogen-bond acceptors (Lipinski definition) is 5. The van der Waals surface area contributed by atoms with E-state index in [1.807, 2.05) is 11.4 Å². The lowest BCUT2D eigenvalue weighted by atomic mass is 10.2. The average molecular weight is 302 g/mol. The summed E-state index contributed by atoms with van der Waals surface area (Å²) in [6.07, 6.45) is 0. The van der Waals surface area contributed by atoms with Gasteiger partial charge in [0.1, 0.15) is 5.01 Å². The first-order chi connectivity index (χ1) is 8.63. The molecule has 2 aromatic heterocycles. The number of aryl methyl sites for hydroxylation is 2. The average Bonchev–Trinajstić information content (AvgIpc) is 2.78. The zero-order chi connectivity index (χ0) is 12.7. The van der Waals surface area contributed by atoms with Crippen LogP contribution in [0.1, 0.15) is 23.3 Å². The van der Waals surface area contributed by atoms with Crippen LogP contribution in [0, 0.1) is 13.8 Å². The number of nitrogens with one attached hydrogen (secondary N) is 1. The molecule has 0 unspecified atom stereocenters. The Morgan fingerprint density at radius 3 is 2.95 bits per heavy atom. The van der Waals surface area contributed by atoms with Gasteiger partial charge in [-0.2, -0.15) is 5.10 Å². The van der Waals surface area contributed by atoms with Gasteiger partial charge in [-0.15, -0.1) is 12.4 Å². The van der Waals surface area contributed by atoms with Crippen LogP contribution in [0.3, 0.4) is 0 Å². The maximum absolute atomic E-state index is 4.60. The molecule has 1 atom stereocenters.